The minimum absolute atomic E-state index is 0.137. The van der Waals surface area contributed by atoms with E-state index in [0.717, 1.165) is 11.3 Å². The molecule has 0 aliphatic heterocycles. The van der Waals surface area contributed by atoms with E-state index in [1.54, 1.807) is 10.9 Å². The topological polar surface area (TPSA) is 55.1 Å². The summed E-state index contributed by atoms with van der Waals surface area (Å²) in [4.78, 5) is 10.5. The monoisotopic (exact) mass is 244 g/mol. The van der Waals surface area contributed by atoms with Gasteiger partial charge in [-0.2, -0.15) is 5.10 Å². The van der Waals surface area contributed by atoms with Gasteiger partial charge < -0.3 is 5.11 Å². The molecule has 4 nitrogen and oxygen atoms in total. The Bertz CT molecular complexity index is 573. The molecule has 0 bridgehead atoms. The first-order valence-corrected chi connectivity index (χ1v) is 5.90. The van der Waals surface area contributed by atoms with Gasteiger partial charge in [0.05, 0.1) is 11.9 Å². The third-order valence-corrected chi connectivity index (χ3v) is 3.09. The van der Waals surface area contributed by atoms with Gasteiger partial charge in [-0.15, -0.1) is 0 Å². The fourth-order valence-electron chi connectivity index (χ4n) is 1.86. The van der Waals surface area contributed by atoms with E-state index < -0.39 is 5.97 Å². The summed E-state index contributed by atoms with van der Waals surface area (Å²) in [5.41, 5.74) is 4.38. The highest BCUT2D eigenvalue weighted by Gasteiger charge is 2.06. The Hall–Kier alpha value is -2.10. The number of carboxylic acids is 1. The van der Waals surface area contributed by atoms with Gasteiger partial charge in [0, 0.05) is 12.6 Å². The lowest BCUT2D eigenvalue weighted by molar-refractivity contribution is -0.136. The number of benzene rings is 1. The van der Waals surface area contributed by atoms with Crippen molar-refractivity contribution in [1.82, 2.24) is 9.78 Å². The Labute approximate surface area is 106 Å². The van der Waals surface area contributed by atoms with Crippen molar-refractivity contribution in [1.29, 1.82) is 0 Å². The highest BCUT2D eigenvalue weighted by Crippen LogP contribution is 2.17. The second kappa shape index (κ2) is 5.04. The van der Waals surface area contributed by atoms with Gasteiger partial charge in [0.2, 0.25) is 0 Å². The number of aromatic nitrogens is 2. The lowest BCUT2D eigenvalue weighted by Crippen LogP contribution is -1.99. The third kappa shape index (κ3) is 2.59. The zero-order valence-corrected chi connectivity index (χ0v) is 10.6. The number of nitrogens with zero attached hydrogens (tertiary/aromatic N) is 2. The molecule has 18 heavy (non-hydrogen) atoms. The Morgan fingerprint density at radius 3 is 2.89 bits per heavy atom. The van der Waals surface area contributed by atoms with Crippen LogP contribution in [0.5, 0.6) is 0 Å². The summed E-state index contributed by atoms with van der Waals surface area (Å²) < 4.78 is 1.81. The number of carboxylic acid groups (broad SMARTS) is 1. The summed E-state index contributed by atoms with van der Waals surface area (Å²) in [5.74, 6) is -0.783. The van der Waals surface area contributed by atoms with Gasteiger partial charge in [-0.1, -0.05) is 12.1 Å². The first-order chi connectivity index (χ1) is 8.58. The second-order valence-electron chi connectivity index (χ2n) is 4.41. The van der Waals surface area contributed by atoms with E-state index in [2.05, 4.69) is 25.0 Å². The molecule has 0 unspecified atom stereocenters. The smallest absolute Gasteiger partial charge is 0.303 e. The van der Waals surface area contributed by atoms with Gasteiger partial charge in [0.25, 0.3) is 0 Å². The molecule has 4 heteroatoms. The average molecular weight is 244 g/mol. The lowest BCUT2D eigenvalue weighted by Gasteiger charge is -2.07. The Morgan fingerprint density at radius 1 is 1.39 bits per heavy atom. The van der Waals surface area contributed by atoms with Crippen molar-refractivity contribution in [3.8, 4) is 5.69 Å². The van der Waals surface area contributed by atoms with Crippen molar-refractivity contribution in [3.05, 3.63) is 47.3 Å². The first-order valence-electron chi connectivity index (χ1n) is 5.90. The van der Waals surface area contributed by atoms with Gasteiger partial charge in [0.1, 0.15) is 0 Å². The Balaban J connectivity index is 2.24. The zero-order chi connectivity index (χ0) is 13.1. The molecule has 2 aromatic rings. The average Bonchev–Trinajstić information content (AvgIpc) is 2.78. The van der Waals surface area contributed by atoms with Crippen LogP contribution in [0.15, 0.2) is 30.6 Å². The molecule has 0 aliphatic rings. The van der Waals surface area contributed by atoms with Crippen LogP contribution in [-0.4, -0.2) is 20.9 Å². The molecule has 0 fully saturated rings. The van der Waals surface area contributed by atoms with Crippen LogP contribution in [0.4, 0.5) is 0 Å². The molecular formula is C14H16N2O2. The molecule has 1 aromatic heterocycles. The van der Waals surface area contributed by atoms with Gasteiger partial charge in [0.15, 0.2) is 0 Å². The minimum Gasteiger partial charge on any atom is -0.481 e. The summed E-state index contributed by atoms with van der Waals surface area (Å²) in [6, 6.07) is 6.07. The minimum atomic E-state index is -0.783. The van der Waals surface area contributed by atoms with Crippen LogP contribution >= 0.6 is 0 Å². The maximum atomic E-state index is 10.5. The molecule has 1 N–H and O–H groups in total. The van der Waals surface area contributed by atoms with Crippen LogP contribution in [0.2, 0.25) is 0 Å². The molecule has 1 aromatic carbocycles. The number of carbonyl (C=O) groups is 1. The standard InChI is InChI=1S/C14H16N2O2/c1-10-4-3-5-13(11(10)2)16-9-12(8-15-16)6-7-14(17)18/h3-5,8-9H,6-7H2,1-2H3,(H,17,18). The summed E-state index contributed by atoms with van der Waals surface area (Å²) in [6.07, 6.45) is 4.27. The molecule has 0 saturated heterocycles. The fraction of sp³-hybridized carbons (Fsp3) is 0.286. The largest absolute Gasteiger partial charge is 0.481 e. The molecular weight excluding hydrogens is 228 g/mol. The van der Waals surface area contributed by atoms with E-state index in [1.807, 2.05) is 18.3 Å². The summed E-state index contributed by atoms with van der Waals surface area (Å²) in [7, 11) is 0. The third-order valence-electron chi connectivity index (χ3n) is 3.09. The SMILES string of the molecule is Cc1cccc(-n2cc(CCC(=O)O)cn2)c1C. The summed E-state index contributed by atoms with van der Waals surface area (Å²) in [5, 5.41) is 12.9. The van der Waals surface area contributed by atoms with Gasteiger partial charge >= 0.3 is 5.97 Å². The van der Waals surface area contributed by atoms with E-state index >= 15 is 0 Å². The molecule has 2 rings (SSSR count). The first kappa shape index (κ1) is 12.4. The van der Waals surface area contributed by atoms with Crippen molar-refractivity contribution >= 4 is 5.97 Å². The van der Waals surface area contributed by atoms with Gasteiger partial charge in [-0.25, -0.2) is 4.68 Å². The summed E-state index contributed by atoms with van der Waals surface area (Å²) in [6.45, 7) is 4.12. The van der Waals surface area contributed by atoms with Crippen LogP contribution in [0.25, 0.3) is 5.69 Å². The number of rotatable bonds is 4. The van der Waals surface area contributed by atoms with Crippen LogP contribution in [-0.2, 0) is 11.2 Å². The van der Waals surface area contributed by atoms with Crippen molar-refractivity contribution in [3.63, 3.8) is 0 Å². The Morgan fingerprint density at radius 2 is 2.17 bits per heavy atom. The molecule has 0 radical (unpaired) electrons. The van der Waals surface area contributed by atoms with Crippen LogP contribution in [0.1, 0.15) is 23.1 Å². The number of aliphatic carboxylic acids is 1. The zero-order valence-electron chi connectivity index (χ0n) is 10.6. The quantitative estimate of drug-likeness (QED) is 0.899. The van der Waals surface area contributed by atoms with Crippen LogP contribution in [0.3, 0.4) is 0 Å². The second-order valence-corrected chi connectivity index (χ2v) is 4.41. The van der Waals surface area contributed by atoms with E-state index in [4.69, 9.17) is 5.11 Å². The molecule has 94 valence electrons. The number of hydrogen-bond acceptors (Lipinski definition) is 2. The van der Waals surface area contributed by atoms with E-state index in [1.165, 1.54) is 11.1 Å². The molecule has 0 saturated carbocycles. The molecule has 1 heterocycles. The fourth-order valence-corrected chi connectivity index (χ4v) is 1.86. The van der Waals surface area contributed by atoms with Crippen molar-refractivity contribution in [2.24, 2.45) is 0 Å². The predicted octanol–water partition coefficient (Wildman–Crippen LogP) is 2.51. The lowest BCUT2D eigenvalue weighted by atomic mass is 10.1. The van der Waals surface area contributed by atoms with Crippen LogP contribution in [0, 0.1) is 13.8 Å². The predicted molar refractivity (Wildman–Crippen MR) is 69.0 cm³/mol. The maximum absolute atomic E-state index is 10.5. The molecule has 0 spiro atoms. The molecule has 0 atom stereocenters. The van der Waals surface area contributed by atoms with E-state index in [-0.39, 0.29) is 6.42 Å². The van der Waals surface area contributed by atoms with Crippen molar-refractivity contribution < 1.29 is 9.90 Å². The highest BCUT2D eigenvalue weighted by molar-refractivity contribution is 5.67. The van der Waals surface area contributed by atoms with E-state index in [0.29, 0.717) is 6.42 Å². The molecule has 0 aliphatic carbocycles. The van der Waals surface area contributed by atoms with Crippen molar-refractivity contribution in [2.75, 3.05) is 0 Å². The number of hydrogen-bond donors (Lipinski definition) is 1. The van der Waals surface area contributed by atoms with Gasteiger partial charge in [-0.3, -0.25) is 4.79 Å². The molecule has 0 amide bonds. The summed E-state index contributed by atoms with van der Waals surface area (Å²) >= 11 is 0. The van der Waals surface area contributed by atoms with Crippen LogP contribution < -0.4 is 0 Å². The number of aryl methyl sites for hydroxylation is 2. The maximum Gasteiger partial charge on any atom is 0.303 e. The van der Waals surface area contributed by atoms with E-state index in [9.17, 15) is 4.79 Å². The Kier molecular flexibility index (Phi) is 3.46. The van der Waals surface area contributed by atoms with Gasteiger partial charge in [-0.05, 0) is 43.0 Å². The van der Waals surface area contributed by atoms with Crippen molar-refractivity contribution in [2.45, 2.75) is 26.7 Å². The highest BCUT2D eigenvalue weighted by atomic mass is 16.4. The normalized spacial score (nSPS) is 10.6.